The summed E-state index contributed by atoms with van der Waals surface area (Å²) in [5.41, 5.74) is 8.18. The third-order valence-corrected chi connectivity index (χ3v) is 9.17. The van der Waals surface area contributed by atoms with Gasteiger partial charge in [-0.3, -0.25) is 0 Å². The molecular formula is C44H26N4O2. The molecule has 3 heterocycles. The van der Waals surface area contributed by atoms with Crippen LogP contribution in [-0.2, 0) is 0 Å². The summed E-state index contributed by atoms with van der Waals surface area (Å²) in [5, 5.41) is 4.06. The van der Waals surface area contributed by atoms with Crippen LogP contribution >= 0.6 is 0 Å². The zero-order valence-electron chi connectivity index (χ0n) is 26.6. The second-order valence-electron chi connectivity index (χ2n) is 12.2. The predicted octanol–water partition coefficient (Wildman–Crippen LogP) is 11.4. The van der Waals surface area contributed by atoms with Crippen LogP contribution in [0.1, 0.15) is 0 Å². The summed E-state index contributed by atoms with van der Waals surface area (Å²) in [4.78, 5) is 20.6. The van der Waals surface area contributed by atoms with Gasteiger partial charge in [-0.15, -0.1) is 0 Å². The Kier molecular flexibility index (Phi) is 6.39. The minimum Gasteiger partial charge on any atom is -0.456 e. The molecule has 0 saturated heterocycles. The molecule has 0 radical (unpaired) electrons. The van der Waals surface area contributed by atoms with Gasteiger partial charge in [-0.05, 0) is 40.6 Å². The summed E-state index contributed by atoms with van der Waals surface area (Å²) in [5.74, 6) is 2.09. The maximum absolute atomic E-state index is 6.65. The first-order chi connectivity index (χ1) is 24.8. The van der Waals surface area contributed by atoms with Crippen molar-refractivity contribution in [1.29, 1.82) is 0 Å². The fourth-order valence-electron chi connectivity index (χ4n) is 6.89. The number of nitrogens with zero attached hydrogens (tertiary/aromatic N) is 4. The van der Waals surface area contributed by atoms with Crippen molar-refractivity contribution in [3.63, 3.8) is 0 Å². The maximum Gasteiger partial charge on any atom is 0.227 e. The largest absolute Gasteiger partial charge is 0.456 e. The average molecular weight is 643 g/mol. The van der Waals surface area contributed by atoms with Crippen LogP contribution in [0.3, 0.4) is 0 Å². The Hall–Kier alpha value is -6.92. The Bertz CT molecular complexity index is 2860. The Morgan fingerprint density at radius 3 is 1.80 bits per heavy atom. The molecule has 6 heteroatoms. The van der Waals surface area contributed by atoms with Crippen molar-refractivity contribution in [2.45, 2.75) is 0 Å². The van der Waals surface area contributed by atoms with Gasteiger partial charge in [0.15, 0.2) is 23.1 Å². The molecule has 0 aliphatic carbocycles. The first-order valence-electron chi connectivity index (χ1n) is 16.5. The summed E-state index contributed by atoms with van der Waals surface area (Å²) in [7, 11) is 0. The van der Waals surface area contributed by atoms with Crippen molar-refractivity contribution < 1.29 is 8.83 Å². The lowest BCUT2D eigenvalue weighted by atomic mass is 9.93. The van der Waals surface area contributed by atoms with Crippen LogP contribution in [0.25, 0.3) is 101 Å². The first kappa shape index (κ1) is 28.1. The van der Waals surface area contributed by atoms with Gasteiger partial charge in [0, 0.05) is 39.1 Å². The van der Waals surface area contributed by atoms with Crippen LogP contribution in [0.5, 0.6) is 0 Å². The molecule has 234 valence electrons. The second-order valence-corrected chi connectivity index (χ2v) is 12.2. The van der Waals surface area contributed by atoms with Gasteiger partial charge in [-0.25, -0.2) is 19.9 Å². The number of benzene rings is 7. The molecular weight excluding hydrogens is 617 g/mol. The highest BCUT2D eigenvalue weighted by atomic mass is 16.4. The van der Waals surface area contributed by atoms with Crippen LogP contribution in [0.15, 0.2) is 167 Å². The summed E-state index contributed by atoms with van der Waals surface area (Å²) >= 11 is 0. The maximum atomic E-state index is 6.65. The zero-order chi connectivity index (χ0) is 33.0. The molecule has 0 bridgehead atoms. The molecule has 10 rings (SSSR count). The van der Waals surface area contributed by atoms with E-state index < -0.39 is 0 Å². The minimum atomic E-state index is 0.471. The van der Waals surface area contributed by atoms with Crippen LogP contribution in [0.2, 0.25) is 0 Å². The van der Waals surface area contributed by atoms with Crippen molar-refractivity contribution in [1.82, 2.24) is 19.9 Å². The summed E-state index contributed by atoms with van der Waals surface area (Å²) in [6.45, 7) is 0. The van der Waals surface area contributed by atoms with Crippen molar-refractivity contribution in [2.75, 3.05) is 0 Å². The minimum absolute atomic E-state index is 0.471. The first-order valence-corrected chi connectivity index (χ1v) is 16.5. The van der Waals surface area contributed by atoms with Crippen LogP contribution in [-0.4, -0.2) is 19.9 Å². The molecule has 0 aliphatic rings. The molecule has 7 aromatic carbocycles. The van der Waals surface area contributed by atoms with Gasteiger partial charge in [0.2, 0.25) is 5.89 Å². The summed E-state index contributed by atoms with van der Waals surface area (Å²) in [6, 6.07) is 53.0. The molecule has 0 amide bonds. The van der Waals surface area contributed by atoms with E-state index in [2.05, 4.69) is 66.7 Å². The van der Waals surface area contributed by atoms with Gasteiger partial charge in [-0.1, -0.05) is 127 Å². The average Bonchev–Trinajstić information content (AvgIpc) is 3.79. The second kappa shape index (κ2) is 11.4. The molecule has 3 aromatic heterocycles. The number of hydrogen-bond acceptors (Lipinski definition) is 6. The molecule has 0 aliphatic heterocycles. The molecule has 0 unspecified atom stereocenters. The zero-order valence-corrected chi connectivity index (χ0v) is 26.6. The van der Waals surface area contributed by atoms with E-state index in [-0.39, 0.29) is 0 Å². The number of hydrogen-bond donors (Lipinski definition) is 0. The van der Waals surface area contributed by atoms with Crippen molar-refractivity contribution >= 4 is 43.8 Å². The molecule has 6 nitrogen and oxygen atoms in total. The number of rotatable bonds is 5. The predicted molar refractivity (Wildman–Crippen MR) is 199 cm³/mol. The van der Waals surface area contributed by atoms with Crippen LogP contribution in [0.4, 0.5) is 0 Å². The van der Waals surface area contributed by atoms with E-state index in [1.54, 1.807) is 0 Å². The fraction of sp³-hybridized carbons (Fsp3) is 0. The fourth-order valence-corrected chi connectivity index (χ4v) is 6.89. The highest BCUT2D eigenvalue weighted by molar-refractivity contribution is 6.18. The SMILES string of the molecule is c1ccc(-c2nc(-c3ccc4ccccc4c3-c3ccccc3)nc(-c3c4oc(-c5ccccc5)nc4cc4oc5ccccc5c34)n2)cc1. The molecule has 0 atom stereocenters. The van der Waals surface area contributed by atoms with Crippen molar-refractivity contribution in [2.24, 2.45) is 0 Å². The van der Waals surface area contributed by atoms with Gasteiger partial charge in [-0.2, -0.15) is 0 Å². The lowest BCUT2D eigenvalue weighted by Gasteiger charge is -2.15. The van der Waals surface area contributed by atoms with Gasteiger partial charge in [0.1, 0.15) is 16.7 Å². The number of aromatic nitrogens is 4. The van der Waals surface area contributed by atoms with Crippen molar-refractivity contribution in [3.05, 3.63) is 158 Å². The quantitative estimate of drug-likeness (QED) is 0.186. The third kappa shape index (κ3) is 4.58. The van der Waals surface area contributed by atoms with Gasteiger partial charge >= 0.3 is 0 Å². The monoisotopic (exact) mass is 642 g/mol. The number of para-hydroxylation sites is 1. The summed E-state index contributed by atoms with van der Waals surface area (Å²) < 4.78 is 13.1. The lowest BCUT2D eigenvalue weighted by Crippen LogP contribution is -2.02. The Labute approximate surface area is 286 Å². The van der Waals surface area contributed by atoms with E-state index in [1.165, 1.54) is 0 Å². The van der Waals surface area contributed by atoms with Crippen LogP contribution < -0.4 is 0 Å². The van der Waals surface area contributed by atoms with E-state index in [0.29, 0.717) is 45.6 Å². The normalized spacial score (nSPS) is 11.6. The summed E-state index contributed by atoms with van der Waals surface area (Å²) in [6.07, 6.45) is 0. The van der Waals surface area contributed by atoms with Crippen LogP contribution in [0, 0.1) is 0 Å². The molecule has 50 heavy (non-hydrogen) atoms. The molecule has 0 N–H and O–H groups in total. The Balaban J connectivity index is 1.33. The molecule has 0 fully saturated rings. The Morgan fingerprint density at radius 1 is 0.400 bits per heavy atom. The molecule has 0 spiro atoms. The van der Waals surface area contributed by atoms with E-state index in [4.69, 9.17) is 28.8 Å². The third-order valence-electron chi connectivity index (χ3n) is 9.17. The van der Waals surface area contributed by atoms with Gasteiger partial charge < -0.3 is 8.83 Å². The topological polar surface area (TPSA) is 77.8 Å². The van der Waals surface area contributed by atoms with E-state index in [9.17, 15) is 0 Å². The van der Waals surface area contributed by atoms with Crippen molar-refractivity contribution in [3.8, 4) is 56.7 Å². The Morgan fingerprint density at radius 2 is 1.02 bits per heavy atom. The number of fused-ring (bicyclic) bond motifs is 5. The van der Waals surface area contributed by atoms with Gasteiger partial charge in [0.25, 0.3) is 0 Å². The van der Waals surface area contributed by atoms with E-state index in [1.807, 2.05) is 91.0 Å². The molecule has 0 saturated carbocycles. The van der Waals surface area contributed by atoms with Gasteiger partial charge in [0.05, 0.1) is 5.56 Å². The molecule has 10 aromatic rings. The highest BCUT2D eigenvalue weighted by Gasteiger charge is 2.25. The smallest absolute Gasteiger partial charge is 0.227 e. The highest BCUT2D eigenvalue weighted by Crippen LogP contribution is 2.43. The lowest BCUT2D eigenvalue weighted by molar-refractivity contribution is 0.620. The standard InChI is InChI=1S/C44H26N4O2/c1-4-15-28(16-5-1)37-31-21-11-10-14-27(31)24-25-33(37)42-46-41(29-17-6-2-7-18-29)47-43(48-42)39-38-32-22-12-13-23-35(32)49-36(38)26-34-40(39)50-44(45-34)30-19-8-3-9-20-30/h1-26H. The van der Waals surface area contributed by atoms with E-state index in [0.717, 1.165) is 54.9 Å². The number of oxazole rings is 1. The van der Waals surface area contributed by atoms with E-state index >= 15 is 0 Å². The number of furan rings is 1.